The van der Waals surface area contributed by atoms with E-state index in [1.165, 1.54) is 16.4 Å². The molecule has 0 radical (unpaired) electrons. The van der Waals surface area contributed by atoms with Crippen LogP contribution < -0.4 is 5.56 Å². The van der Waals surface area contributed by atoms with Crippen molar-refractivity contribution in [3.8, 4) is 0 Å². The number of rotatable bonds is 9. The Morgan fingerprint density at radius 2 is 2.00 bits per heavy atom. The molecule has 0 aliphatic rings. The number of ether oxygens (including phenoxy) is 1. The fourth-order valence-electron chi connectivity index (χ4n) is 3.58. The molecule has 0 fully saturated rings. The van der Waals surface area contributed by atoms with Crippen LogP contribution in [0.15, 0.2) is 52.4 Å². The summed E-state index contributed by atoms with van der Waals surface area (Å²) in [6.45, 7) is 2.20. The number of hydrogen-bond donors (Lipinski definition) is 2. The van der Waals surface area contributed by atoms with Gasteiger partial charge in [0.15, 0.2) is 5.16 Å². The number of nitrogens with one attached hydrogen (secondary N) is 1. The summed E-state index contributed by atoms with van der Waals surface area (Å²) >= 11 is 1.45. The van der Waals surface area contributed by atoms with Crippen LogP contribution in [-0.4, -0.2) is 48.7 Å². The molecule has 2 heterocycles. The second kappa shape index (κ2) is 9.31. The molecule has 32 heavy (non-hydrogen) atoms. The molecule has 2 N–H and O–H groups in total. The number of aryl methyl sites for hydroxylation is 1. The molecule has 0 amide bonds. The minimum atomic E-state index is -0.933. The molecule has 2 aromatic heterocycles. The number of aromatic nitrogens is 4. The molecular formula is C22H22N4O5S. The molecule has 4 aromatic rings. The first-order valence-corrected chi connectivity index (χ1v) is 11.2. The SMILES string of the molecule is CCOC(=O)c1cccc2[nH]n(CCCSc3nc4ccccc4n3CC(=O)O)c(=O)c12. The number of H-pyrrole nitrogens is 1. The normalized spacial score (nSPS) is 11.3. The van der Waals surface area contributed by atoms with Crippen LogP contribution in [0.1, 0.15) is 23.7 Å². The first kappa shape index (κ1) is 21.7. The topological polar surface area (TPSA) is 119 Å². The molecule has 9 nitrogen and oxygen atoms in total. The van der Waals surface area contributed by atoms with Crippen LogP contribution in [0.2, 0.25) is 0 Å². The Labute approximate surface area is 187 Å². The molecule has 166 valence electrons. The van der Waals surface area contributed by atoms with E-state index in [-0.39, 0.29) is 24.3 Å². The fourth-order valence-corrected chi connectivity index (χ4v) is 4.52. The minimum Gasteiger partial charge on any atom is -0.480 e. The zero-order valence-electron chi connectivity index (χ0n) is 17.4. The Morgan fingerprint density at radius 1 is 1.19 bits per heavy atom. The van der Waals surface area contributed by atoms with Gasteiger partial charge < -0.3 is 14.4 Å². The van der Waals surface area contributed by atoms with Gasteiger partial charge in [-0.25, -0.2) is 9.78 Å². The Morgan fingerprint density at radius 3 is 2.78 bits per heavy atom. The predicted octanol–water partition coefficient (Wildman–Crippen LogP) is 3.12. The van der Waals surface area contributed by atoms with Crippen LogP contribution in [-0.2, 0) is 22.6 Å². The number of carbonyl (C=O) groups excluding carboxylic acids is 1. The minimum absolute atomic E-state index is 0.166. The molecule has 0 saturated heterocycles. The summed E-state index contributed by atoms with van der Waals surface area (Å²) in [6.07, 6.45) is 0.641. The van der Waals surface area contributed by atoms with Gasteiger partial charge in [-0.15, -0.1) is 0 Å². The molecule has 10 heteroatoms. The van der Waals surface area contributed by atoms with E-state index in [9.17, 15) is 19.5 Å². The zero-order chi connectivity index (χ0) is 22.7. The summed E-state index contributed by atoms with van der Waals surface area (Å²) in [6, 6.07) is 12.5. The van der Waals surface area contributed by atoms with Crippen molar-refractivity contribution in [3.05, 3.63) is 58.4 Å². The molecule has 4 rings (SSSR count). The first-order chi connectivity index (χ1) is 15.5. The van der Waals surface area contributed by atoms with E-state index in [4.69, 9.17) is 4.74 Å². The highest BCUT2D eigenvalue weighted by Gasteiger charge is 2.17. The maximum atomic E-state index is 12.9. The van der Waals surface area contributed by atoms with Crippen molar-refractivity contribution in [2.45, 2.75) is 31.6 Å². The number of carboxylic acids is 1. The van der Waals surface area contributed by atoms with Crippen LogP contribution in [0, 0.1) is 0 Å². The Bertz CT molecular complexity index is 1350. The highest BCUT2D eigenvalue weighted by molar-refractivity contribution is 7.99. The number of fused-ring (bicyclic) bond motifs is 2. The molecule has 0 aliphatic heterocycles. The smallest absolute Gasteiger partial charge is 0.339 e. The van der Waals surface area contributed by atoms with Gasteiger partial charge >= 0.3 is 11.9 Å². The second-order valence-corrected chi connectivity index (χ2v) is 8.14. The van der Waals surface area contributed by atoms with Crippen molar-refractivity contribution < 1.29 is 19.4 Å². The number of imidazole rings is 1. The van der Waals surface area contributed by atoms with Crippen molar-refractivity contribution in [2.24, 2.45) is 0 Å². The third-order valence-electron chi connectivity index (χ3n) is 4.94. The molecule has 2 aromatic carbocycles. The van der Waals surface area contributed by atoms with Crippen LogP contribution in [0.25, 0.3) is 21.9 Å². The number of esters is 1. The molecule has 0 saturated carbocycles. The lowest BCUT2D eigenvalue weighted by atomic mass is 10.1. The molecule has 0 bridgehead atoms. The van der Waals surface area contributed by atoms with Gasteiger partial charge in [-0.05, 0) is 37.6 Å². The van der Waals surface area contributed by atoms with Gasteiger partial charge in [-0.3, -0.25) is 19.4 Å². The second-order valence-electron chi connectivity index (χ2n) is 7.08. The van der Waals surface area contributed by atoms with E-state index >= 15 is 0 Å². The van der Waals surface area contributed by atoms with Gasteiger partial charge in [0, 0.05) is 12.3 Å². The number of benzene rings is 2. The van der Waals surface area contributed by atoms with Gasteiger partial charge in [0.25, 0.3) is 5.56 Å². The zero-order valence-corrected chi connectivity index (χ0v) is 18.2. The number of para-hydroxylation sites is 2. The Balaban J connectivity index is 1.48. The van der Waals surface area contributed by atoms with Crippen molar-refractivity contribution in [1.82, 2.24) is 19.3 Å². The van der Waals surface area contributed by atoms with Gasteiger partial charge in [0.05, 0.1) is 34.1 Å². The van der Waals surface area contributed by atoms with Crippen molar-refractivity contribution in [3.63, 3.8) is 0 Å². The number of nitrogens with zero attached hydrogens (tertiary/aromatic N) is 3. The standard InChI is InChI=1S/C22H22N4O5S/c1-2-31-21(30)14-7-5-9-16-19(14)20(29)26(24-16)11-6-12-32-22-23-15-8-3-4-10-17(15)25(22)13-18(27)28/h3-5,7-10,24H,2,6,11-13H2,1H3,(H,27,28). The lowest BCUT2D eigenvalue weighted by molar-refractivity contribution is -0.137. The fraction of sp³-hybridized carbons (Fsp3) is 0.273. The van der Waals surface area contributed by atoms with Crippen molar-refractivity contribution >= 4 is 45.6 Å². The maximum absolute atomic E-state index is 12.9. The van der Waals surface area contributed by atoms with Gasteiger partial charge in [0.2, 0.25) is 0 Å². The van der Waals surface area contributed by atoms with E-state index < -0.39 is 11.9 Å². The van der Waals surface area contributed by atoms with Crippen LogP contribution in [0.3, 0.4) is 0 Å². The summed E-state index contributed by atoms with van der Waals surface area (Å²) in [5.74, 6) is -0.818. The molecule has 0 unspecified atom stereocenters. The Kier molecular flexibility index (Phi) is 6.31. The van der Waals surface area contributed by atoms with Crippen molar-refractivity contribution in [2.75, 3.05) is 12.4 Å². The number of carboxylic acid groups (broad SMARTS) is 1. The maximum Gasteiger partial charge on any atom is 0.339 e. The lowest BCUT2D eigenvalue weighted by Crippen LogP contribution is -2.18. The lowest BCUT2D eigenvalue weighted by Gasteiger charge is -2.06. The third kappa shape index (κ3) is 4.26. The third-order valence-corrected chi connectivity index (χ3v) is 6.01. The monoisotopic (exact) mass is 454 g/mol. The number of hydrogen-bond acceptors (Lipinski definition) is 6. The molecule has 0 spiro atoms. The van der Waals surface area contributed by atoms with Gasteiger partial charge in [-0.2, -0.15) is 0 Å². The van der Waals surface area contributed by atoms with Crippen LogP contribution in [0.4, 0.5) is 0 Å². The average Bonchev–Trinajstić information content (AvgIpc) is 3.28. The average molecular weight is 455 g/mol. The van der Waals surface area contributed by atoms with E-state index in [1.807, 2.05) is 24.3 Å². The quantitative estimate of drug-likeness (QED) is 0.227. The van der Waals surface area contributed by atoms with E-state index in [0.717, 1.165) is 11.0 Å². The summed E-state index contributed by atoms with van der Waals surface area (Å²) in [4.78, 5) is 40.9. The Hall–Kier alpha value is -3.53. The van der Waals surface area contributed by atoms with Gasteiger partial charge in [0.1, 0.15) is 6.54 Å². The van der Waals surface area contributed by atoms with E-state index in [1.54, 1.807) is 29.7 Å². The first-order valence-electron chi connectivity index (χ1n) is 10.2. The highest BCUT2D eigenvalue weighted by Crippen LogP contribution is 2.24. The predicted molar refractivity (Wildman–Crippen MR) is 121 cm³/mol. The highest BCUT2D eigenvalue weighted by atomic mass is 32.2. The van der Waals surface area contributed by atoms with E-state index in [2.05, 4.69) is 10.1 Å². The number of thioether (sulfide) groups is 1. The summed E-state index contributed by atoms with van der Waals surface area (Å²) in [7, 11) is 0. The molecular weight excluding hydrogens is 432 g/mol. The van der Waals surface area contributed by atoms with Gasteiger partial charge in [-0.1, -0.05) is 30.0 Å². The number of aromatic amines is 1. The summed E-state index contributed by atoms with van der Waals surface area (Å²) in [5, 5.41) is 13.2. The summed E-state index contributed by atoms with van der Waals surface area (Å²) < 4.78 is 8.22. The largest absolute Gasteiger partial charge is 0.480 e. The molecule has 0 aliphatic carbocycles. The van der Waals surface area contributed by atoms with Crippen LogP contribution in [0.5, 0.6) is 0 Å². The van der Waals surface area contributed by atoms with E-state index in [0.29, 0.717) is 34.8 Å². The number of carbonyl (C=O) groups is 2. The molecule has 0 atom stereocenters. The van der Waals surface area contributed by atoms with Crippen molar-refractivity contribution in [1.29, 1.82) is 0 Å². The van der Waals surface area contributed by atoms with Crippen LogP contribution >= 0.6 is 11.8 Å². The number of aliphatic carboxylic acids is 1. The summed E-state index contributed by atoms with van der Waals surface area (Å²) in [5.41, 5.74) is 2.08.